The van der Waals surface area contributed by atoms with Gasteiger partial charge in [-0.05, 0) is 50.8 Å². The Bertz CT molecular complexity index is 460. The summed E-state index contributed by atoms with van der Waals surface area (Å²) in [6.07, 6.45) is 6.04. The lowest BCUT2D eigenvalue weighted by Crippen LogP contribution is -2.45. The van der Waals surface area contributed by atoms with Gasteiger partial charge in [-0.3, -0.25) is 4.21 Å². The second-order valence-electron chi connectivity index (χ2n) is 5.96. The van der Waals surface area contributed by atoms with Gasteiger partial charge >= 0.3 is 0 Å². The predicted octanol–water partition coefficient (Wildman–Crippen LogP) is 3.66. The van der Waals surface area contributed by atoms with Gasteiger partial charge in [-0.25, -0.2) is 0 Å². The fraction of sp³-hybridized carbons (Fsp3) is 0.647. The first kappa shape index (κ1) is 15.7. The van der Waals surface area contributed by atoms with Gasteiger partial charge in [-0.15, -0.1) is 0 Å². The molecule has 0 spiro atoms. The molecular weight excluding hydrogens is 266 g/mol. The molecule has 2 nitrogen and oxygen atoms in total. The quantitative estimate of drug-likeness (QED) is 0.897. The molecular formula is C17H27NOS. The van der Waals surface area contributed by atoms with Gasteiger partial charge in [0.25, 0.3) is 0 Å². The van der Waals surface area contributed by atoms with Gasteiger partial charge in [0, 0.05) is 10.9 Å². The molecule has 0 bridgehead atoms. The van der Waals surface area contributed by atoms with E-state index in [9.17, 15) is 4.21 Å². The maximum atomic E-state index is 13.0. The summed E-state index contributed by atoms with van der Waals surface area (Å²) in [4.78, 5) is 1.02. The summed E-state index contributed by atoms with van der Waals surface area (Å²) in [7, 11) is 1.11. The zero-order valence-electron chi connectivity index (χ0n) is 12.9. The Kier molecular flexibility index (Phi) is 5.79. The van der Waals surface area contributed by atoms with Crippen molar-refractivity contribution in [1.29, 1.82) is 0 Å². The van der Waals surface area contributed by atoms with E-state index in [1.165, 1.54) is 19.3 Å². The van der Waals surface area contributed by atoms with Crippen LogP contribution in [0.5, 0.6) is 0 Å². The summed E-state index contributed by atoms with van der Waals surface area (Å²) < 4.78 is 13.0. The lowest BCUT2D eigenvalue weighted by atomic mass is 9.83. The van der Waals surface area contributed by atoms with E-state index in [0.29, 0.717) is 6.04 Å². The van der Waals surface area contributed by atoms with Gasteiger partial charge in [0.1, 0.15) is 0 Å². The van der Waals surface area contributed by atoms with Crippen molar-refractivity contribution < 1.29 is 4.21 Å². The normalized spacial score (nSPS) is 28.2. The predicted molar refractivity (Wildman–Crippen MR) is 86.5 cm³/mol. The molecule has 4 unspecified atom stereocenters. The first-order valence-electron chi connectivity index (χ1n) is 7.80. The van der Waals surface area contributed by atoms with Gasteiger partial charge < -0.3 is 5.32 Å². The molecule has 0 aliphatic heterocycles. The molecule has 4 atom stereocenters. The molecule has 0 saturated heterocycles. The highest BCUT2D eigenvalue weighted by molar-refractivity contribution is 7.85. The van der Waals surface area contributed by atoms with Crippen molar-refractivity contribution in [3.05, 3.63) is 29.8 Å². The van der Waals surface area contributed by atoms with Crippen LogP contribution in [0.15, 0.2) is 29.2 Å². The largest absolute Gasteiger partial charge is 0.316 e. The minimum Gasteiger partial charge on any atom is -0.316 e. The van der Waals surface area contributed by atoms with Crippen molar-refractivity contribution in [3.63, 3.8) is 0 Å². The van der Waals surface area contributed by atoms with E-state index >= 15 is 0 Å². The van der Waals surface area contributed by atoms with Crippen molar-refractivity contribution in [3.8, 4) is 0 Å². The molecule has 1 aromatic carbocycles. The zero-order chi connectivity index (χ0) is 14.5. The van der Waals surface area contributed by atoms with Crippen LogP contribution < -0.4 is 5.32 Å². The first-order chi connectivity index (χ1) is 9.67. The SMILES string of the molecule is CCCC1CCC(NC)C(S(=O)c2ccccc2C)C1. The number of benzene rings is 1. The number of aryl methyl sites for hydroxylation is 1. The zero-order valence-corrected chi connectivity index (χ0v) is 13.7. The fourth-order valence-electron chi connectivity index (χ4n) is 3.39. The van der Waals surface area contributed by atoms with E-state index in [1.807, 2.05) is 25.2 Å². The third-order valence-electron chi connectivity index (χ3n) is 4.55. The van der Waals surface area contributed by atoms with Gasteiger partial charge in [0.05, 0.1) is 16.0 Å². The molecule has 0 aromatic heterocycles. The molecule has 2 rings (SSSR count). The smallest absolute Gasteiger partial charge is 0.0579 e. The van der Waals surface area contributed by atoms with Crippen LogP contribution in [0.25, 0.3) is 0 Å². The lowest BCUT2D eigenvalue weighted by Gasteiger charge is -2.35. The highest BCUT2D eigenvalue weighted by atomic mass is 32.2. The summed E-state index contributed by atoms with van der Waals surface area (Å²) in [5.74, 6) is 0.752. The van der Waals surface area contributed by atoms with E-state index in [-0.39, 0.29) is 5.25 Å². The molecule has 1 N–H and O–H groups in total. The van der Waals surface area contributed by atoms with E-state index in [1.54, 1.807) is 0 Å². The summed E-state index contributed by atoms with van der Waals surface area (Å²) >= 11 is 0. The minimum atomic E-state index is -0.898. The van der Waals surface area contributed by atoms with Crippen LogP contribution in [-0.4, -0.2) is 22.5 Å². The first-order valence-corrected chi connectivity index (χ1v) is 9.02. The minimum absolute atomic E-state index is 0.256. The highest BCUT2D eigenvalue weighted by Crippen LogP contribution is 2.33. The molecule has 112 valence electrons. The molecule has 3 heteroatoms. The molecule has 1 saturated carbocycles. The van der Waals surface area contributed by atoms with Crippen LogP contribution >= 0.6 is 0 Å². The van der Waals surface area contributed by atoms with Crippen LogP contribution in [0.3, 0.4) is 0 Å². The van der Waals surface area contributed by atoms with E-state index < -0.39 is 10.8 Å². The standard InChI is InChI=1S/C17H27NOS/c1-4-7-14-10-11-15(18-3)17(12-14)20(19)16-9-6-5-8-13(16)2/h5-6,8-9,14-15,17-18H,4,7,10-12H2,1-3H3. The second kappa shape index (κ2) is 7.37. The van der Waals surface area contributed by atoms with E-state index in [4.69, 9.17) is 0 Å². The molecule has 0 amide bonds. The van der Waals surface area contributed by atoms with Crippen LogP contribution in [-0.2, 0) is 10.8 Å². The third-order valence-corrected chi connectivity index (χ3v) is 6.52. The van der Waals surface area contributed by atoms with Crippen molar-refractivity contribution in [2.75, 3.05) is 7.05 Å². The Morgan fingerprint density at radius 2 is 2.05 bits per heavy atom. The molecule has 0 heterocycles. The maximum absolute atomic E-state index is 13.0. The molecule has 1 aliphatic carbocycles. The van der Waals surface area contributed by atoms with Crippen LogP contribution in [0.2, 0.25) is 0 Å². The average molecular weight is 293 g/mol. The number of rotatable bonds is 5. The Morgan fingerprint density at radius 1 is 1.30 bits per heavy atom. The monoisotopic (exact) mass is 293 g/mol. The summed E-state index contributed by atoms with van der Waals surface area (Å²) in [5.41, 5.74) is 1.15. The molecule has 20 heavy (non-hydrogen) atoms. The molecule has 1 aromatic rings. The number of nitrogens with one attached hydrogen (secondary N) is 1. The van der Waals surface area contributed by atoms with E-state index in [0.717, 1.165) is 29.2 Å². The molecule has 1 aliphatic rings. The topological polar surface area (TPSA) is 29.1 Å². The van der Waals surface area contributed by atoms with Crippen molar-refractivity contribution in [1.82, 2.24) is 5.32 Å². The number of hydrogen-bond donors (Lipinski definition) is 1. The summed E-state index contributed by atoms with van der Waals surface area (Å²) in [6, 6.07) is 8.51. The van der Waals surface area contributed by atoms with Crippen LogP contribution in [0.1, 0.15) is 44.6 Å². The van der Waals surface area contributed by atoms with Gasteiger partial charge in [0.2, 0.25) is 0 Å². The summed E-state index contributed by atoms with van der Waals surface area (Å²) in [5, 5.41) is 3.65. The highest BCUT2D eigenvalue weighted by Gasteiger charge is 2.34. The Balaban J connectivity index is 2.18. The summed E-state index contributed by atoms with van der Waals surface area (Å²) in [6.45, 7) is 4.31. The number of hydrogen-bond acceptors (Lipinski definition) is 2. The average Bonchev–Trinajstić information content (AvgIpc) is 2.47. The fourth-order valence-corrected chi connectivity index (χ4v) is 5.34. The third kappa shape index (κ3) is 3.50. The van der Waals surface area contributed by atoms with E-state index in [2.05, 4.69) is 25.2 Å². The van der Waals surface area contributed by atoms with Crippen LogP contribution in [0, 0.1) is 12.8 Å². The Hall–Kier alpha value is -0.670. The van der Waals surface area contributed by atoms with Crippen molar-refractivity contribution in [2.45, 2.75) is 62.1 Å². The second-order valence-corrected chi connectivity index (χ2v) is 7.60. The van der Waals surface area contributed by atoms with Crippen molar-refractivity contribution >= 4 is 10.8 Å². The Labute approximate surface area is 125 Å². The molecule has 1 fully saturated rings. The van der Waals surface area contributed by atoms with Crippen molar-refractivity contribution in [2.24, 2.45) is 5.92 Å². The van der Waals surface area contributed by atoms with Gasteiger partial charge in [-0.1, -0.05) is 38.0 Å². The van der Waals surface area contributed by atoms with Crippen LogP contribution in [0.4, 0.5) is 0 Å². The Morgan fingerprint density at radius 3 is 2.70 bits per heavy atom. The molecule has 0 radical (unpaired) electrons. The maximum Gasteiger partial charge on any atom is 0.0579 e. The lowest BCUT2D eigenvalue weighted by molar-refractivity contribution is 0.292. The van der Waals surface area contributed by atoms with Gasteiger partial charge in [0.15, 0.2) is 0 Å². The van der Waals surface area contributed by atoms with Gasteiger partial charge in [-0.2, -0.15) is 0 Å².